The first kappa shape index (κ1) is 15.5. The molecular formula is C17H12Br2N2O3. The van der Waals surface area contributed by atoms with Crippen molar-refractivity contribution < 1.29 is 14.3 Å². The Balaban J connectivity index is 1.53. The highest BCUT2D eigenvalue weighted by Gasteiger charge is 2.15. The fourth-order valence-corrected chi connectivity index (χ4v) is 3.32. The van der Waals surface area contributed by atoms with Gasteiger partial charge in [0.2, 0.25) is 6.79 Å². The van der Waals surface area contributed by atoms with Crippen molar-refractivity contribution >= 4 is 48.7 Å². The van der Waals surface area contributed by atoms with Crippen molar-refractivity contribution in [3.05, 3.63) is 56.6 Å². The van der Waals surface area contributed by atoms with E-state index in [9.17, 15) is 4.79 Å². The van der Waals surface area contributed by atoms with E-state index in [4.69, 9.17) is 9.47 Å². The van der Waals surface area contributed by atoms with E-state index in [0.29, 0.717) is 17.9 Å². The average molecular weight is 452 g/mol. The van der Waals surface area contributed by atoms with Crippen molar-refractivity contribution in [2.24, 2.45) is 0 Å². The Hall–Kier alpha value is -1.99. The number of ether oxygens (including phenoxy) is 2. The zero-order valence-electron chi connectivity index (χ0n) is 12.4. The van der Waals surface area contributed by atoms with Gasteiger partial charge >= 0.3 is 0 Å². The van der Waals surface area contributed by atoms with Crippen molar-refractivity contribution in [1.82, 2.24) is 10.3 Å². The Bertz CT molecular complexity index is 952. The number of carbonyl (C=O) groups is 1. The SMILES string of the molecule is O=C(NCc1ccc2c(c1)OCO2)c1c[nH]c2cc(Br)c(Br)cc12. The lowest BCUT2D eigenvalue weighted by Crippen LogP contribution is -2.22. The van der Waals surface area contributed by atoms with E-state index in [1.165, 1.54) is 0 Å². The van der Waals surface area contributed by atoms with Gasteiger partial charge < -0.3 is 19.8 Å². The van der Waals surface area contributed by atoms with Crippen LogP contribution < -0.4 is 14.8 Å². The summed E-state index contributed by atoms with van der Waals surface area (Å²) >= 11 is 6.93. The number of nitrogens with one attached hydrogen (secondary N) is 2. The Morgan fingerprint density at radius 3 is 2.79 bits per heavy atom. The van der Waals surface area contributed by atoms with Crippen LogP contribution in [0.15, 0.2) is 45.5 Å². The highest BCUT2D eigenvalue weighted by Crippen LogP contribution is 2.33. The van der Waals surface area contributed by atoms with Gasteiger partial charge in [-0.3, -0.25) is 4.79 Å². The number of carbonyl (C=O) groups excluding carboxylic acids is 1. The molecule has 2 aromatic carbocycles. The molecule has 24 heavy (non-hydrogen) atoms. The molecule has 1 aliphatic rings. The number of H-pyrrole nitrogens is 1. The molecular weight excluding hydrogens is 440 g/mol. The maximum atomic E-state index is 12.5. The summed E-state index contributed by atoms with van der Waals surface area (Å²) in [5.74, 6) is 1.31. The van der Waals surface area contributed by atoms with Crippen molar-refractivity contribution in [2.75, 3.05) is 6.79 Å². The second-order valence-electron chi connectivity index (χ2n) is 5.38. The molecule has 0 unspecified atom stereocenters. The molecule has 1 amide bonds. The number of aromatic nitrogens is 1. The Morgan fingerprint density at radius 2 is 1.92 bits per heavy atom. The second-order valence-corrected chi connectivity index (χ2v) is 7.09. The van der Waals surface area contributed by atoms with Crippen LogP contribution in [0.1, 0.15) is 15.9 Å². The number of benzene rings is 2. The number of rotatable bonds is 3. The molecule has 0 spiro atoms. The molecule has 3 aromatic rings. The quantitative estimate of drug-likeness (QED) is 0.622. The Kier molecular flexibility index (Phi) is 3.97. The van der Waals surface area contributed by atoms with Crippen LogP contribution in [0.2, 0.25) is 0 Å². The topological polar surface area (TPSA) is 63.4 Å². The summed E-state index contributed by atoms with van der Waals surface area (Å²) in [5, 5.41) is 3.81. The molecule has 2 heterocycles. The summed E-state index contributed by atoms with van der Waals surface area (Å²) in [7, 11) is 0. The minimum absolute atomic E-state index is 0.131. The smallest absolute Gasteiger partial charge is 0.253 e. The van der Waals surface area contributed by atoms with E-state index in [1.807, 2.05) is 30.3 Å². The molecule has 0 bridgehead atoms. The maximum absolute atomic E-state index is 12.5. The molecule has 122 valence electrons. The maximum Gasteiger partial charge on any atom is 0.253 e. The zero-order chi connectivity index (χ0) is 16.7. The van der Waals surface area contributed by atoms with E-state index in [2.05, 4.69) is 42.2 Å². The molecule has 4 rings (SSSR count). The van der Waals surface area contributed by atoms with Crippen LogP contribution in [-0.4, -0.2) is 17.7 Å². The van der Waals surface area contributed by atoms with Crippen LogP contribution in [0.25, 0.3) is 10.9 Å². The van der Waals surface area contributed by atoms with E-state index in [1.54, 1.807) is 6.20 Å². The average Bonchev–Trinajstić information content (AvgIpc) is 3.19. The summed E-state index contributed by atoms with van der Waals surface area (Å²) in [5.41, 5.74) is 2.47. The first-order valence-corrected chi connectivity index (χ1v) is 8.83. The van der Waals surface area contributed by atoms with Gasteiger partial charge in [0, 0.05) is 32.6 Å². The van der Waals surface area contributed by atoms with Crippen molar-refractivity contribution in [3.63, 3.8) is 0 Å². The minimum atomic E-state index is -0.131. The fourth-order valence-electron chi connectivity index (χ4n) is 2.63. The number of hydrogen-bond acceptors (Lipinski definition) is 3. The predicted octanol–water partition coefficient (Wildman–Crippen LogP) is 4.35. The number of halogens is 2. The summed E-state index contributed by atoms with van der Waals surface area (Å²) < 4.78 is 12.5. The van der Waals surface area contributed by atoms with Gasteiger partial charge in [-0.1, -0.05) is 6.07 Å². The molecule has 0 saturated carbocycles. The van der Waals surface area contributed by atoms with Crippen LogP contribution in [-0.2, 0) is 6.54 Å². The highest BCUT2D eigenvalue weighted by molar-refractivity contribution is 9.13. The molecule has 5 nitrogen and oxygen atoms in total. The van der Waals surface area contributed by atoms with Crippen LogP contribution in [0.4, 0.5) is 0 Å². The minimum Gasteiger partial charge on any atom is -0.454 e. The van der Waals surface area contributed by atoms with Crippen molar-refractivity contribution in [3.8, 4) is 11.5 Å². The van der Waals surface area contributed by atoms with Gasteiger partial charge in [-0.05, 0) is 61.7 Å². The molecule has 1 aromatic heterocycles. The fraction of sp³-hybridized carbons (Fsp3) is 0.118. The summed E-state index contributed by atoms with van der Waals surface area (Å²) in [6.07, 6.45) is 1.72. The second kappa shape index (κ2) is 6.14. The lowest BCUT2D eigenvalue weighted by Gasteiger charge is -2.06. The van der Waals surface area contributed by atoms with Crippen molar-refractivity contribution in [2.45, 2.75) is 6.54 Å². The number of amides is 1. The number of hydrogen-bond donors (Lipinski definition) is 2. The lowest BCUT2D eigenvalue weighted by molar-refractivity contribution is 0.0952. The van der Waals surface area contributed by atoms with Gasteiger partial charge in [0.25, 0.3) is 5.91 Å². The Labute approximate surface area is 154 Å². The Morgan fingerprint density at radius 1 is 1.12 bits per heavy atom. The molecule has 0 atom stereocenters. The van der Waals surface area contributed by atoms with Gasteiger partial charge in [0.05, 0.1) is 5.56 Å². The number of aromatic amines is 1. The van der Waals surface area contributed by atoms with E-state index < -0.39 is 0 Å². The first-order valence-electron chi connectivity index (χ1n) is 7.24. The van der Waals surface area contributed by atoms with Crippen molar-refractivity contribution in [1.29, 1.82) is 0 Å². The molecule has 7 heteroatoms. The lowest BCUT2D eigenvalue weighted by atomic mass is 10.1. The molecule has 1 aliphatic heterocycles. The summed E-state index contributed by atoms with van der Waals surface area (Å²) in [6.45, 7) is 0.658. The van der Waals surface area contributed by atoms with E-state index >= 15 is 0 Å². The molecule has 0 saturated heterocycles. The predicted molar refractivity (Wildman–Crippen MR) is 97.4 cm³/mol. The van der Waals surface area contributed by atoms with Crippen LogP contribution in [0, 0.1) is 0 Å². The van der Waals surface area contributed by atoms with Gasteiger partial charge in [-0.15, -0.1) is 0 Å². The molecule has 0 fully saturated rings. The third-order valence-electron chi connectivity index (χ3n) is 3.86. The van der Waals surface area contributed by atoms with Crippen LogP contribution in [0.3, 0.4) is 0 Å². The standard InChI is InChI=1S/C17H12Br2N2O3/c18-12-4-10-11(7-20-14(10)5-13(12)19)17(22)21-6-9-1-2-15-16(3-9)24-8-23-15/h1-5,7,20H,6,8H2,(H,21,22). The monoisotopic (exact) mass is 450 g/mol. The summed E-state index contributed by atoms with van der Waals surface area (Å²) in [4.78, 5) is 15.6. The summed E-state index contributed by atoms with van der Waals surface area (Å²) in [6, 6.07) is 9.51. The third kappa shape index (κ3) is 2.78. The highest BCUT2D eigenvalue weighted by atomic mass is 79.9. The largest absolute Gasteiger partial charge is 0.454 e. The van der Waals surface area contributed by atoms with Gasteiger partial charge in [-0.25, -0.2) is 0 Å². The normalized spacial score (nSPS) is 12.6. The zero-order valence-corrected chi connectivity index (χ0v) is 15.5. The van der Waals surface area contributed by atoms with Gasteiger partial charge in [0.1, 0.15) is 0 Å². The van der Waals surface area contributed by atoms with E-state index in [0.717, 1.165) is 31.2 Å². The first-order chi connectivity index (χ1) is 11.6. The number of fused-ring (bicyclic) bond motifs is 2. The third-order valence-corrected chi connectivity index (χ3v) is 5.70. The van der Waals surface area contributed by atoms with Gasteiger partial charge in [0.15, 0.2) is 11.5 Å². The molecule has 0 aliphatic carbocycles. The van der Waals surface area contributed by atoms with Crippen LogP contribution >= 0.6 is 31.9 Å². The van der Waals surface area contributed by atoms with Gasteiger partial charge in [-0.2, -0.15) is 0 Å². The molecule has 2 N–H and O–H groups in total. The van der Waals surface area contributed by atoms with Crippen LogP contribution in [0.5, 0.6) is 11.5 Å². The molecule has 0 radical (unpaired) electrons. The van der Waals surface area contributed by atoms with E-state index in [-0.39, 0.29) is 12.7 Å².